The smallest absolute Gasteiger partial charge is 0.408 e. The van der Waals surface area contributed by atoms with Gasteiger partial charge in [0, 0.05) is 18.2 Å². The maximum Gasteiger partial charge on any atom is 0.408 e. The van der Waals surface area contributed by atoms with E-state index in [4.69, 9.17) is 11.2 Å². The lowest BCUT2D eigenvalue weighted by Gasteiger charge is -2.31. The monoisotopic (exact) mass is 561 g/mol. The molecule has 3 amide bonds. The summed E-state index contributed by atoms with van der Waals surface area (Å²) in [6.45, 7) is 7.06. The first-order valence-corrected chi connectivity index (χ1v) is 13.7. The number of terminal acetylenes is 1. The van der Waals surface area contributed by atoms with Crippen LogP contribution in [-0.2, 0) is 20.7 Å². The molecule has 0 saturated heterocycles. The number of hydrogen-bond donors (Lipinski definition) is 2. The number of nitrogens with one attached hydrogen (secondary N) is 2. The standard InChI is InChI=1S/C35H35N3O4/c1-6-38(33(40)30(22-25-15-8-7-9-16-25)37-34(41)42-35(3,4)5)31(29-19-13-10-14-24(29)2)32(39)36-28-21-20-26-17-11-12-18-27(26)23-28/h1,7-21,23,30-31H,22H2,2-5H3,(H,36,39)(H,37,41). The van der Waals surface area contributed by atoms with Gasteiger partial charge < -0.3 is 15.4 Å². The average molecular weight is 562 g/mol. The van der Waals surface area contributed by atoms with Crippen molar-refractivity contribution in [2.75, 3.05) is 5.32 Å². The van der Waals surface area contributed by atoms with E-state index in [1.165, 1.54) is 0 Å². The van der Waals surface area contributed by atoms with Crippen LogP contribution in [0, 0.1) is 19.4 Å². The molecule has 2 atom stereocenters. The Hall–Kier alpha value is -5.09. The first kappa shape index (κ1) is 29.9. The Balaban J connectivity index is 1.70. The summed E-state index contributed by atoms with van der Waals surface area (Å²) in [5.41, 5.74) is 1.94. The zero-order valence-electron chi connectivity index (χ0n) is 24.3. The molecule has 0 heterocycles. The number of anilines is 1. The second kappa shape index (κ2) is 13.0. The van der Waals surface area contributed by atoms with E-state index in [2.05, 4.69) is 16.7 Å². The highest BCUT2D eigenvalue weighted by molar-refractivity contribution is 6.01. The number of benzene rings is 4. The van der Waals surface area contributed by atoms with Crippen molar-refractivity contribution in [2.45, 2.75) is 51.8 Å². The number of alkyl carbamates (subject to hydrolysis) is 1. The maximum absolute atomic E-state index is 14.2. The van der Waals surface area contributed by atoms with E-state index in [-0.39, 0.29) is 6.42 Å². The first-order valence-electron chi connectivity index (χ1n) is 13.7. The van der Waals surface area contributed by atoms with Gasteiger partial charge in [-0.15, -0.1) is 0 Å². The van der Waals surface area contributed by atoms with Gasteiger partial charge in [-0.2, -0.15) is 0 Å². The van der Waals surface area contributed by atoms with Crippen molar-refractivity contribution in [1.82, 2.24) is 10.2 Å². The Kier molecular flexibility index (Phi) is 9.28. The van der Waals surface area contributed by atoms with Crippen LogP contribution in [0.15, 0.2) is 97.1 Å². The second-order valence-electron chi connectivity index (χ2n) is 11.0. The van der Waals surface area contributed by atoms with Crippen LogP contribution in [0.1, 0.15) is 43.5 Å². The molecule has 4 aromatic rings. The minimum absolute atomic E-state index is 0.143. The Morgan fingerprint density at radius 3 is 2.19 bits per heavy atom. The lowest BCUT2D eigenvalue weighted by Crippen LogP contribution is -2.51. The van der Waals surface area contributed by atoms with Gasteiger partial charge in [-0.3, -0.25) is 14.5 Å². The van der Waals surface area contributed by atoms with Crippen molar-refractivity contribution in [3.63, 3.8) is 0 Å². The highest BCUT2D eigenvalue weighted by Crippen LogP contribution is 2.28. The molecule has 7 heteroatoms. The number of ether oxygens (including phenoxy) is 1. The molecular weight excluding hydrogens is 526 g/mol. The number of carbonyl (C=O) groups is 3. The molecule has 4 rings (SSSR count). The van der Waals surface area contributed by atoms with Gasteiger partial charge >= 0.3 is 6.09 Å². The van der Waals surface area contributed by atoms with Crippen molar-refractivity contribution in [1.29, 1.82) is 0 Å². The predicted molar refractivity (Wildman–Crippen MR) is 165 cm³/mol. The number of hydrogen-bond acceptors (Lipinski definition) is 4. The van der Waals surface area contributed by atoms with Gasteiger partial charge in [-0.05, 0) is 67.3 Å². The molecule has 0 aromatic heterocycles. The SMILES string of the molecule is C#CN(C(=O)C(Cc1ccccc1)NC(=O)OC(C)(C)C)C(C(=O)Nc1ccc2ccccc2c1)c1ccccc1C. The van der Waals surface area contributed by atoms with Crippen LogP contribution in [0.3, 0.4) is 0 Å². The van der Waals surface area contributed by atoms with Crippen molar-refractivity contribution in [3.05, 3.63) is 114 Å². The van der Waals surface area contributed by atoms with Crippen molar-refractivity contribution in [3.8, 4) is 12.5 Å². The molecule has 214 valence electrons. The molecule has 2 N–H and O–H groups in total. The lowest BCUT2D eigenvalue weighted by molar-refractivity contribution is -0.136. The predicted octanol–water partition coefficient (Wildman–Crippen LogP) is 6.38. The van der Waals surface area contributed by atoms with Crippen LogP contribution in [-0.4, -0.2) is 34.5 Å². The van der Waals surface area contributed by atoms with Crippen molar-refractivity contribution in [2.24, 2.45) is 0 Å². The fourth-order valence-electron chi connectivity index (χ4n) is 4.70. The molecular formula is C35H35N3O4. The van der Waals surface area contributed by atoms with Gasteiger partial charge in [0.05, 0.1) is 0 Å². The largest absolute Gasteiger partial charge is 0.444 e. The van der Waals surface area contributed by atoms with Crippen LogP contribution in [0.25, 0.3) is 10.8 Å². The van der Waals surface area contributed by atoms with E-state index in [0.29, 0.717) is 11.3 Å². The molecule has 0 bridgehead atoms. The van der Waals surface area contributed by atoms with E-state index in [1.807, 2.05) is 85.8 Å². The van der Waals surface area contributed by atoms with Crippen LogP contribution in [0.5, 0.6) is 0 Å². The van der Waals surface area contributed by atoms with Gasteiger partial charge in [0.15, 0.2) is 0 Å². The minimum atomic E-state index is -1.17. The summed E-state index contributed by atoms with van der Waals surface area (Å²) in [6, 6.07) is 30.1. The number of amides is 3. The zero-order chi connectivity index (χ0) is 30.3. The molecule has 2 unspecified atom stereocenters. The molecule has 0 spiro atoms. The number of aryl methyl sites for hydroxylation is 1. The molecule has 4 aromatic carbocycles. The lowest BCUT2D eigenvalue weighted by atomic mass is 9.97. The van der Waals surface area contributed by atoms with E-state index in [0.717, 1.165) is 26.8 Å². The summed E-state index contributed by atoms with van der Waals surface area (Å²) < 4.78 is 5.44. The Morgan fingerprint density at radius 1 is 0.881 bits per heavy atom. The molecule has 42 heavy (non-hydrogen) atoms. The van der Waals surface area contributed by atoms with Crippen molar-refractivity contribution >= 4 is 34.4 Å². The van der Waals surface area contributed by atoms with Crippen LogP contribution in [0.2, 0.25) is 0 Å². The Bertz CT molecular complexity index is 1620. The number of carbonyl (C=O) groups excluding carboxylic acids is 3. The highest BCUT2D eigenvalue weighted by atomic mass is 16.6. The number of rotatable bonds is 8. The molecule has 0 fully saturated rings. The van der Waals surface area contributed by atoms with Crippen LogP contribution in [0.4, 0.5) is 10.5 Å². The summed E-state index contributed by atoms with van der Waals surface area (Å²) in [7, 11) is 0. The van der Waals surface area contributed by atoms with E-state index in [1.54, 1.807) is 39.0 Å². The average Bonchev–Trinajstić information content (AvgIpc) is 2.95. The first-order chi connectivity index (χ1) is 20.1. The summed E-state index contributed by atoms with van der Waals surface area (Å²) >= 11 is 0. The highest BCUT2D eigenvalue weighted by Gasteiger charge is 2.36. The fourth-order valence-corrected chi connectivity index (χ4v) is 4.70. The van der Waals surface area contributed by atoms with Gasteiger partial charge in [0.25, 0.3) is 11.8 Å². The van der Waals surface area contributed by atoms with E-state index in [9.17, 15) is 14.4 Å². The second-order valence-corrected chi connectivity index (χ2v) is 11.0. The summed E-state index contributed by atoms with van der Waals surface area (Å²) in [6.07, 6.45) is 5.34. The van der Waals surface area contributed by atoms with Crippen molar-refractivity contribution < 1.29 is 19.1 Å². The number of nitrogens with zero attached hydrogens (tertiary/aromatic N) is 1. The van der Waals surface area contributed by atoms with Gasteiger partial charge in [0.1, 0.15) is 17.7 Å². The molecule has 0 aliphatic rings. The quantitative estimate of drug-likeness (QED) is 0.193. The normalized spacial score (nSPS) is 12.5. The minimum Gasteiger partial charge on any atom is -0.444 e. The maximum atomic E-state index is 14.2. The molecule has 0 saturated carbocycles. The Labute approximate surface area is 246 Å². The molecule has 0 aliphatic heterocycles. The summed E-state index contributed by atoms with van der Waals surface area (Å²) in [5.74, 6) is -1.10. The van der Waals surface area contributed by atoms with Gasteiger partial charge in [0.2, 0.25) is 0 Å². The third-order valence-electron chi connectivity index (χ3n) is 6.65. The third-order valence-corrected chi connectivity index (χ3v) is 6.65. The summed E-state index contributed by atoms with van der Waals surface area (Å²) in [5, 5.41) is 7.62. The van der Waals surface area contributed by atoms with E-state index >= 15 is 0 Å². The van der Waals surface area contributed by atoms with Crippen LogP contribution >= 0.6 is 0 Å². The van der Waals surface area contributed by atoms with Gasteiger partial charge in [-0.1, -0.05) is 91.4 Å². The third kappa shape index (κ3) is 7.55. The Morgan fingerprint density at radius 2 is 1.52 bits per heavy atom. The summed E-state index contributed by atoms with van der Waals surface area (Å²) in [4.78, 5) is 42.0. The number of fused-ring (bicyclic) bond motifs is 1. The van der Waals surface area contributed by atoms with Gasteiger partial charge in [-0.25, -0.2) is 4.79 Å². The fraction of sp³-hybridized carbons (Fsp3) is 0.229. The zero-order valence-corrected chi connectivity index (χ0v) is 24.3. The molecule has 0 aliphatic carbocycles. The van der Waals surface area contributed by atoms with Crippen LogP contribution < -0.4 is 10.6 Å². The topological polar surface area (TPSA) is 87.7 Å². The van der Waals surface area contributed by atoms with E-state index < -0.39 is 35.6 Å². The molecule has 0 radical (unpaired) electrons. The molecule has 7 nitrogen and oxygen atoms in total.